The molecule has 4 heteroatoms. The van der Waals surface area contributed by atoms with E-state index < -0.39 is 0 Å². The fourth-order valence-corrected chi connectivity index (χ4v) is 2.02. The van der Waals surface area contributed by atoms with Gasteiger partial charge >= 0.3 is 0 Å². The molecule has 1 aromatic carbocycles. The Morgan fingerprint density at radius 1 is 1.31 bits per heavy atom. The first-order valence-corrected chi connectivity index (χ1v) is 6.85. The number of hydrogen-bond acceptors (Lipinski definition) is 3. The van der Waals surface area contributed by atoms with Gasteiger partial charge in [0.05, 0.1) is 24.2 Å². The summed E-state index contributed by atoms with van der Waals surface area (Å²) >= 11 is 2.26. The zero-order chi connectivity index (χ0) is 11.2. The molecule has 0 aliphatic carbocycles. The van der Waals surface area contributed by atoms with Crippen LogP contribution in [0.3, 0.4) is 0 Å². The molecule has 0 radical (unpaired) electrons. The summed E-state index contributed by atoms with van der Waals surface area (Å²) in [7, 11) is 0. The second kappa shape index (κ2) is 6.54. The number of hydrogen-bond donors (Lipinski definition) is 0. The average Bonchev–Trinajstić information content (AvgIpc) is 2.78. The molecule has 3 nitrogen and oxygen atoms in total. The Morgan fingerprint density at radius 3 is 2.81 bits per heavy atom. The standard InChI is InChI=1S/C12H15IO3/c13-6-12-15-9-11(16-12)8-14-7-10-4-2-1-3-5-10/h1-5,11-12H,6-9H2/t11-,12+/m1/s1. The van der Waals surface area contributed by atoms with Gasteiger partial charge in [-0.05, 0) is 5.56 Å². The predicted octanol–water partition coefficient (Wildman–Crippen LogP) is 2.38. The van der Waals surface area contributed by atoms with E-state index in [1.165, 1.54) is 5.56 Å². The van der Waals surface area contributed by atoms with Crippen LogP contribution >= 0.6 is 22.6 Å². The molecule has 0 unspecified atom stereocenters. The van der Waals surface area contributed by atoms with Crippen LogP contribution in [0, 0.1) is 0 Å². The third-order valence-corrected chi connectivity index (χ3v) is 3.07. The van der Waals surface area contributed by atoms with Gasteiger partial charge in [0.1, 0.15) is 6.10 Å². The van der Waals surface area contributed by atoms with Crippen LogP contribution in [0.5, 0.6) is 0 Å². The SMILES string of the molecule is IC[C@H]1OC[C@@H](COCc2ccccc2)O1. The van der Waals surface area contributed by atoms with Crippen molar-refractivity contribution in [3.63, 3.8) is 0 Å². The number of halogens is 1. The first kappa shape index (κ1) is 12.3. The van der Waals surface area contributed by atoms with Crippen LogP contribution in [0.4, 0.5) is 0 Å². The zero-order valence-electron chi connectivity index (χ0n) is 8.97. The summed E-state index contributed by atoms with van der Waals surface area (Å²) in [5.41, 5.74) is 1.19. The van der Waals surface area contributed by atoms with Crippen LogP contribution < -0.4 is 0 Å². The van der Waals surface area contributed by atoms with Crippen LogP contribution in [0.2, 0.25) is 0 Å². The summed E-state index contributed by atoms with van der Waals surface area (Å²) in [6, 6.07) is 10.1. The largest absolute Gasteiger partial charge is 0.374 e. The van der Waals surface area contributed by atoms with E-state index in [1.807, 2.05) is 18.2 Å². The number of benzene rings is 1. The normalized spacial score (nSPS) is 24.8. The summed E-state index contributed by atoms with van der Waals surface area (Å²) in [5.74, 6) is 0. The molecule has 0 saturated carbocycles. The van der Waals surface area contributed by atoms with E-state index in [9.17, 15) is 0 Å². The molecule has 1 aromatic rings. The van der Waals surface area contributed by atoms with Gasteiger partial charge in [-0.1, -0.05) is 52.9 Å². The molecule has 0 spiro atoms. The molecule has 2 rings (SSSR count). The van der Waals surface area contributed by atoms with Crippen molar-refractivity contribution in [1.82, 2.24) is 0 Å². The van der Waals surface area contributed by atoms with E-state index in [0.29, 0.717) is 19.8 Å². The maximum Gasteiger partial charge on any atom is 0.167 e. The van der Waals surface area contributed by atoms with Gasteiger partial charge in [-0.2, -0.15) is 0 Å². The van der Waals surface area contributed by atoms with Gasteiger partial charge in [-0.15, -0.1) is 0 Å². The topological polar surface area (TPSA) is 27.7 Å². The Labute approximate surface area is 109 Å². The molecule has 1 fully saturated rings. The van der Waals surface area contributed by atoms with Crippen molar-refractivity contribution in [2.75, 3.05) is 17.6 Å². The number of alkyl halides is 1. The second-order valence-electron chi connectivity index (χ2n) is 3.68. The first-order valence-electron chi connectivity index (χ1n) is 5.33. The van der Waals surface area contributed by atoms with Crippen molar-refractivity contribution in [2.24, 2.45) is 0 Å². The number of rotatable bonds is 5. The van der Waals surface area contributed by atoms with Crippen molar-refractivity contribution in [3.8, 4) is 0 Å². The van der Waals surface area contributed by atoms with Crippen molar-refractivity contribution < 1.29 is 14.2 Å². The maximum absolute atomic E-state index is 5.59. The summed E-state index contributed by atoms with van der Waals surface area (Å²) in [6.45, 7) is 1.88. The van der Waals surface area contributed by atoms with Gasteiger partial charge in [-0.25, -0.2) is 0 Å². The quantitative estimate of drug-likeness (QED) is 0.611. The van der Waals surface area contributed by atoms with E-state index in [0.717, 1.165) is 4.43 Å². The fourth-order valence-electron chi connectivity index (χ4n) is 1.56. The van der Waals surface area contributed by atoms with Crippen molar-refractivity contribution >= 4 is 22.6 Å². The monoisotopic (exact) mass is 334 g/mol. The van der Waals surface area contributed by atoms with Gasteiger partial charge in [0.15, 0.2) is 6.29 Å². The Morgan fingerprint density at radius 2 is 2.12 bits per heavy atom. The molecule has 88 valence electrons. The maximum atomic E-state index is 5.59. The highest BCUT2D eigenvalue weighted by atomic mass is 127. The average molecular weight is 334 g/mol. The van der Waals surface area contributed by atoms with Gasteiger partial charge in [0, 0.05) is 0 Å². The highest BCUT2D eigenvalue weighted by Crippen LogP contribution is 2.14. The third-order valence-electron chi connectivity index (χ3n) is 2.35. The van der Waals surface area contributed by atoms with Crippen molar-refractivity contribution in [2.45, 2.75) is 19.0 Å². The van der Waals surface area contributed by atoms with E-state index in [4.69, 9.17) is 14.2 Å². The van der Waals surface area contributed by atoms with E-state index in [-0.39, 0.29) is 12.4 Å². The van der Waals surface area contributed by atoms with Crippen LogP contribution in [0.25, 0.3) is 0 Å². The molecular weight excluding hydrogens is 319 g/mol. The lowest BCUT2D eigenvalue weighted by molar-refractivity contribution is -0.0550. The van der Waals surface area contributed by atoms with Gasteiger partial charge in [0.25, 0.3) is 0 Å². The van der Waals surface area contributed by atoms with E-state index >= 15 is 0 Å². The van der Waals surface area contributed by atoms with E-state index in [2.05, 4.69) is 34.7 Å². The third kappa shape index (κ3) is 3.69. The molecule has 0 amide bonds. The summed E-state index contributed by atoms with van der Waals surface area (Å²) in [4.78, 5) is 0. The molecule has 1 heterocycles. The lowest BCUT2D eigenvalue weighted by Crippen LogP contribution is -2.19. The lowest BCUT2D eigenvalue weighted by atomic mass is 10.2. The Bertz CT molecular complexity index is 304. The zero-order valence-corrected chi connectivity index (χ0v) is 11.1. The minimum atomic E-state index is -0.0501. The summed E-state index contributed by atoms with van der Waals surface area (Å²) in [5, 5.41) is 0. The molecule has 1 aliphatic heterocycles. The number of ether oxygens (including phenoxy) is 3. The minimum absolute atomic E-state index is 0.0501. The fraction of sp³-hybridized carbons (Fsp3) is 0.500. The van der Waals surface area contributed by atoms with Crippen LogP contribution in [0.1, 0.15) is 5.56 Å². The van der Waals surface area contributed by atoms with E-state index in [1.54, 1.807) is 0 Å². The van der Waals surface area contributed by atoms with Crippen molar-refractivity contribution in [1.29, 1.82) is 0 Å². The molecule has 16 heavy (non-hydrogen) atoms. The molecular formula is C12H15IO3. The molecule has 0 aromatic heterocycles. The van der Waals surface area contributed by atoms with Gasteiger partial charge in [0.2, 0.25) is 0 Å². The van der Waals surface area contributed by atoms with Crippen molar-refractivity contribution in [3.05, 3.63) is 35.9 Å². The summed E-state index contributed by atoms with van der Waals surface area (Å²) in [6.07, 6.45) is 0.0365. The molecule has 1 aliphatic rings. The smallest absolute Gasteiger partial charge is 0.167 e. The molecule has 2 atom stereocenters. The Hall–Kier alpha value is -0.170. The van der Waals surface area contributed by atoms with Gasteiger partial charge < -0.3 is 14.2 Å². The Kier molecular flexibility index (Phi) is 5.02. The molecule has 1 saturated heterocycles. The Balaban J connectivity index is 1.65. The summed E-state index contributed by atoms with van der Waals surface area (Å²) < 4.78 is 17.5. The van der Waals surface area contributed by atoms with Crippen LogP contribution in [0.15, 0.2) is 30.3 Å². The highest BCUT2D eigenvalue weighted by molar-refractivity contribution is 14.1. The lowest BCUT2D eigenvalue weighted by Gasteiger charge is -2.10. The second-order valence-corrected chi connectivity index (χ2v) is 4.56. The predicted molar refractivity (Wildman–Crippen MR) is 69.6 cm³/mol. The van der Waals surface area contributed by atoms with Gasteiger partial charge in [-0.3, -0.25) is 0 Å². The highest BCUT2D eigenvalue weighted by Gasteiger charge is 2.24. The minimum Gasteiger partial charge on any atom is -0.374 e. The first-order chi connectivity index (χ1) is 7.88. The van der Waals surface area contributed by atoms with Crippen LogP contribution in [-0.2, 0) is 20.8 Å². The molecule has 0 N–H and O–H groups in total. The van der Waals surface area contributed by atoms with Crippen LogP contribution in [-0.4, -0.2) is 30.0 Å². The molecule has 0 bridgehead atoms.